The van der Waals surface area contributed by atoms with Crippen molar-refractivity contribution in [1.82, 2.24) is 15.1 Å². The van der Waals surface area contributed by atoms with Crippen molar-refractivity contribution in [2.75, 3.05) is 11.4 Å². The summed E-state index contributed by atoms with van der Waals surface area (Å²) in [6.07, 6.45) is 9.01. The maximum atomic E-state index is 13.0. The van der Waals surface area contributed by atoms with Crippen LogP contribution in [0.15, 0.2) is 67.0 Å². The molecule has 0 bridgehead atoms. The second-order valence-corrected chi connectivity index (χ2v) is 8.42. The van der Waals surface area contributed by atoms with Crippen LogP contribution in [0.4, 0.5) is 5.69 Å². The highest BCUT2D eigenvalue weighted by Crippen LogP contribution is 2.34. The lowest BCUT2D eigenvalue weighted by molar-refractivity contribution is -0.128. The molecule has 2 heterocycles. The Morgan fingerprint density at radius 2 is 1.84 bits per heavy atom. The second-order valence-electron chi connectivity index (χ2n) is 8.42. The number of anilines is 1. The highest BCUT2D eigenvalue weighted by atomic mass is 16.5. The van der Waals surface area contributed by atoms with Crippen molar-refractivity contribution in [3.63, 3.8) is 0 Å². The molecule has 160 valence electrons. The molecular formula is C25H28N4O2. The van der Waals surface area contributed by atoms with Gasteiger partial charge in [0.1, 0.15) is 5.75 Å². The summed E-state index contributed by atoms with van der Waals surface area (Å²) in [5.41, 5.74) is 3.24. The number of ether oxygens (including phenoxy) is 1. The largest absolute Gasteiger partial charge is 0.477 e. The lowest BCUT2D eigenvalue weighted by Crippen LogP contribution is -2.51. The molecule has 6 heteroatoms. The number of fused-ring (bicyclic) bond motifs is 1. The van der Waals surface area contributed by atoms with Crippen molar-refractivity contribution >= 4 is 11.6 Å². The minimum Gasteiger partial charge on any atom is -0.477 e. The van der Waals surface area contributed by atoms with Gasteiger partial charge in [-0.3, -0.25) is 4.79 Å². The van der Waals surface area contributed by atoms with Gasteiger partial charge in [-0.1, -0.05) is 43.5 Å². The summed E-state index contributed by atoms with van der Waals surface area (Å²) in [5, 5.41) is 7.51. The first kappa shape index (κ1) is 19.7. The van der Waals surface area contributed by atoms with Gasteiger partial charge in [-0.2, -0.15) is 5.10 Å². The molecule has 1 amide bonds. The number of amides is 1. The third-order valence-corrected chi connectivity index (χ3v) is 6.18. The average Bonchev–Trinajstić information content (AvgIpc) is 3.35. The molecule has 0 saturated heterocycles. The molecule has 1 aliphatic carbocycles. The van der Waals surface area contributed by atoms with Crippen LogP contribution in [0, 0.1) is 0 Å². The molecule has 5 rings (SSSR count). The number of aromatic nitrogens is 2. The fourth-order valence-corrected chi connectivity index (χ4v) is 4.53. The van der Waals surface area contributed by atoms with Crippen LogP contribution in [0.5, 0.6) is 5.75 Å². The highest BCUT2D eigenvalue weighted by molar-refractivity contribution is 5.83. The van der Waals surface area contributed by atoms with E-state index in [2.05, 4.69) is 45.6 Å². The SMILES string of the molecule is O=C(NC1CCCCC1)C1CN(Cc2ccc(-n3cccn3)cc2)c2ccccc2O1. The van der Waals surface area contributed by atoms with Gasteiger partial charge >= 0.3 is 0 Å². The number of para-hydroxylation sites is 2. The number of carbonyl (C=O) groups excluding carboxylic acids is 1. The van der Waals surface area contributed by atoms with E-state index in [0.29, 0.717) is 13.1 Å². The Morgan fingerprint density at radius 1 is 1.03 bits per heavy atom. The zero-order chi connectivity index (χ0) is 21.0. The van der Waals surface area contributed by atoms with Crippen molar-refractivity contribution in [2.45, 2.75) is 50.8 Å². The van der Waals surface area contributed by atoms with Crippen molar-refractivity contribution in [3.05, 3.63) is 72.6 Å². The summed E-state index contributed by atoms with van der Waals surface area (Å²) >= 11 is 0. The standard InChI is InChI=1S/C25H28N4O2/c30-25(27-20-7-2-1-3-8-20)24-18-28(22-9-4-5-10-23(22)31-24)17-19-11-13-21(14-12-19)29-16-6-15-26-29/h4-6,9-16,20,24H,1-3,7-8,17-18H2,(H,27,30). The zero-order valence-electron chi connectivity index (χ0n) is 17.6. The predicted octanol–water partition coefficient (Wildman–Crippen LogP) is 4.09. The van der Waals surface area contributed by atoms with Gasteiger partial charge in [-0.15, -0.1) is 0 Å². The smallest absolute Gasteiger partial charge is 0.263 e. The summed E-state index contributed by atoms with van der Waals surface area (Å²) in [7, 11) is 0. The lowest BCUT2D eigenvalue weighted by Gasteiger charge is -2.36. The van der Waals surface area contributed by atoms with Crippen LogP contribution in [0.1, 0.15) is 37.7 Å². The molecule has 2 aliphatic rings. The van der Waals surface area contributed by atoms with Crippen LogP contribution in [-0.4, -0.2) is 34.4 Å². The number of hydrogen-bond donors (Lipinski definition) is 1. The van der Waals surface area contributed by atoms with Crippen molar-refractivity contribution in [3.8, 4) is 11.4 Å². The van der Waals surface area contributed by atoms with E-state index >= 15 is 0 Å². The van der Waals surface area contributed by atoms with E-state index in [1.54, 1.807) is 6.20 Å². The molecule has 2 aromatic carbocycles. The van der Waals surface area contributed by atoms with Gasteiger partial charge in [-0.25, -0.2) is 4.68 Å². The van der Waals surface area contributed by atoms with Crippen molar-refractivity contribution < 1.29 is 9.53 Å². The fourth-order valence-electron chi connectivity index (χ4n) is 4.53. The molecule has 1 unspecified atom stereocenters. The average molecular weight is 417 g/mol. The van der Waals surface area contributed by atoms with Crippen LogP contribution in [0.25, 0.3) is 5.69 Å². The molecule has 1 aromatic heterocycles. The van der Waals surface area contributed by atoms with E-state index in [-0.39, 0.29) is 11.9 Å². The third kappa shape index (κ3) is 4.43. The number of carbonyl (C=O) groups is 1. The Kier molecular flexibility index (Phi) is 5.61. The topological polar surface area (TPSA) is 59.4 Å². The Hall–Kier alpha value is -3.28. The highest BCUT2D eigenvalue weighted by Gasteiger charge is 2.32. The van der Waals surface area contributed by atoms with E-state index in [1.807, 2.05) is 35.1 Å². The first-order valence-electron chi connectivity index (χ1n) is 11.2. The van der Waals surface area contributed by atoms with Crippen LogP contribution in [0.3, 0.4) is 0 Å². The molecule has 1 saturated carbocycles. The lowest BCUT2D eigenvalue weighted by atomic mass is 9.95. The van der Waals surface area contributed by atoms with Crippen LogP contribution >= 0.6 is 0 Å². The number of hydrogen-bond acceptors (Lipinski definition) is 4. The summed E-state index contributed by atoms with van der Waals surface area (Å²) < 4.78 is 7.95. The Balaban J connectivity index is 1.31. The Bertz CT molecular complexity index is 1010. The van der Waals surface area contributed by atoms with E-state index in [0.717, 1.165) is 30.0 Å². The molecular weight excluding hydrogens is 388 g/mol. The number of nitrogens with one attached hydrogen (secondary N) is 1. The maximum Gasteiger partial charge on any atom is 0.263 e. The molecule has 0 spiro atoms. The number of rotatable bonds is 5. The van der Waals surface area contributed by atoms with E-state index in [1.165, 1.54) is 24.8 Å². The van der Waals surface area contributed by atoms with Crippen molar-refractivity contribution in [2.24, 2.45) is 0 Å². The quantitative estimate of drug-likeness (QED) is 0.681. The summed E-state index contributed by atoms with van der Waals surface area (Å²) in [4.78, 5) is 15.2. The van der Waals surface area contributed by atoms with Gasteiger partial charge in [0.25, 0.3) is 5.91 Å². The van der Waals surface area contributed by atoms with Gasteiger partial charge in [0.15, 0.2) is 6.10 Å². The first-order chi connectivity index (χ1) is 15.3. The third-order valence-electron chi connectivity index (χ3n) is 6.18. The summed E-state index contributed by atoms with van der Waals surface area (Å²) in [5.74, 6) is 0.770. The van der Waals surface area contributed by atoms with Crippen molar-refractivity contribution in [1.29, 1.82) is 0 Å². The number of nitrogens with zero attached hydrogens (tertiary/aromatic N) is 3. The molecule has 1 fully saturated rings. The van der Waals surface area contributed by atoms with Crippen LogP contribution in [0.2, 0.25) is 0 Å². The van der Waals surface area contributed by atoms with E-state index in [9.17, 15) is 4.79 Å². The van der Waals surface area contributed by atoms with E-state index < -0.39 is 6.10 Å². The Morgan fingerprint density at radius 3 is 2.61 bits per heavy atom. The van der Waals surface area contributed by atoms with Crippen LogP contribution < -0.4 is 15.0 Å². The zero-order valence-corrected chi connectivity index (χ0v) is 17.6. The molecule has 1 aliphatic heterocycles. The molecule has 1 N–H and O–H groups in total. The molecule has 1 atom stereocenters. The van der Waals surface area contributed by atoms with Gasteiger partial charge in [0.05, 0.1) is 17.9 Å². The van der Waals surface area contributed by atoms with E-state index in [4.69, 9.17) is 4.74 Å². The maximum absolute atomic E-state index is 13.0. The van der Waals surface area contributed by atoms with Gasteiger partial charge in [0, 0.05) is 25.0 Å². The normalized spacial score (nSPS) is 18.8. The molecule has 6 nitrogen and oxygen atoms in total. The van der Waals surface area contributed by atoms with Gasteiger partial charge in [0.2, 0.25) is 0 Å². The second kappa shape index (κ2) is 8.84. The first-order valence-corrected chi connectivity index (χ1v) is 11.2. The number of benzene rings is 2. The summed E-state index contributed by atoms with van der Waals surface area (Å²) in [6.45, 7) is 1.25. The van der Waals surface area contributed by atoms with Gasteiger partial charge < -0.3 is 15.0 Å². The minimum absolute atomic E-state index is 0.000401. The minimum atomic E-state index is -0.500. The predicted molar refractivity (Wildman–Crippen MR) is 120 cm³/mol. The van der Waals surface area contributed by atoms with Gasteiger partial charge in [-0.05, 0) is 48.7 Å². The molecule has 31 heavy (non-hydrogen) atoms. The fraction of sp³-hybridized carbons (Fsp3) is 0.360. The monoisotopic (exact) mass is 416 g/mol. The Labute approximate surface area is 182 Å². The summed E-state index contributed by atoms with van der Waals surface area (Å²) in [6, 6.07) is 18.5. The van der Waals surface area contributed by atoms with Crippen LogP contribution in [-0.2, 0) is 11.3 Å². The molecule has 3 aromatic rings. The molecule has 0 radical (unpaired) electrons.